The van der Waals surface area contributed by atoms with E-state index in [1.54, 1.807) is 0 Å². The van der Waals surface area contributed by atoms with Crippen LogP contribution in [0.4, 0.5) is 0 Å². The average molecular weight is 204 g/mol. The van der Waals surface area contributed by atoms with Gasteiger partial charge in [-0.05, 0) is 31.9 Å². The lowest BCUT2D eigenvalue weighted by atomic mass is 9.99. The SMILES string of the molecule is CC1(CN)CCCN1Cc1ccccc1. The smallest absolute Gasteiger partial charge is 0.0307 e. The molecule has 1 unspecified atom stereocenters. The molecular formula is C13H20N2. The maximum Gasteiger partial charge on any atom is 0.0307 e. The van der Waals surface area contributed by atoms with Gasteiger partial charge in [0.2, 0.25) is 0 Å². The van der Waals surface area contributed by atoms with E-state index >= 15 is 0 Å². The zero-order valence-electron chi connectivity index (χ0n) is 9.45. The second-order valence-corrected chi connectivity index (χ2v) is 4.71. The molecule has 0 bridgehead atoms. The van der Waals surface area contributed by atoms with Crippen molar-refractivity contribution in [2.45, 2.75) is 31.8 Å². The number of hydrogen-bond acceptors (Lipinski definition) is 2. The van der Waals surface area contributed by atoms with E-state index in [9.17, 15) is 0 Å². The number of nitrogens with two attached hydrogens (primary N) is 1. The van der Waals surface area contributed by atoms with Gasteiger partial charge in [-0.1, -0.05) is 30.3 Å². The molecule has 1 aromatic carbocycles. The molecule has 0 saturated carbocycles. The predicted molar refractivity (Wildman–Crippen MR) is 63.5 cm³/mol. The van der Waals surface area contributed by atoms with Crippen LogP contribution in [0.15, 0.2) is 30.3 Å². The molecule has 0 spiro atoms. The molecule has 0 radical (unpaired) electrons. The van der Waals surface area contributed by atoms with Crippen LogP contribution >= 0.6 is 0 Å². The van der Waals surface area contributed by atoms with Crippen LogP contribution in [0.2, 0.25) is 0 Å². The van der Waals surface area contributed by atoms with Crippen molar-refractivity contribution in [1.29, 1.82) is 0 Å². The lowest BCUT2D eigenvalue weighted by Gasteiger charge is -2.34. The van der Waals surface area contributed by atoms with Gasteiger partial charge in [-0.15, -0.1) is 0 Å². The summed E-state index contributed by atoms with van der Waals surface area (Å²) in [6.45, 7) is 5.26. The maximum atomic E-state index is 5.87. The topological polar surface area (TPSA) is 29.3 Å². The minimum Gasteiger partial charge on any atom is -0.329 e. The van der Waals surface area contributed by atoms with Crippen molar-refractivity contribution in [2.75, 3.05) is 13.1 Å². The molecule has 2 nitrogen and oxygen atoms in total. The Bertz CT molecular complexity index is 310. The fraction of sp³-hybridized carbons (Fsp3) is 0.538. The van der Waals surface area contributed by atoms with Gasteiger partial charge in [-0.2, -0.15) is 0 Å². The van der Waals surface area contributed by atoms with Crippen molar-refractivity contribution >= 4 is 0 Å². The molecule has 1 aromatic rings. The van der Waals surface area contributed by atoms with Gasteiger partial charge in [-0.25, -0.2) is 0 Å². The molecule has 2 N–H and O–H groups in total. The third-order valence-electron chi connectivity index (χ3n) is 3.56. The molecule has 1 heterocycles. The van der Waals surface area contributed by atoms with E-state index in [0.29, 0.717) is 0 Å². The lowest BCUT2D eigenvalue weighted by Crippen LogP contribution is -2.46. The fourth-order valence-corrected chi connectivity index (χ4v) is 2.38. The molecule has 0 aromatic heterocycles. The van der Waals surface area contributed by atoms with Gasteiger partial charge in [-0.3, -0.25) is 4.90 Å². The van der Waals surface area contributed by atoms with Crippen molar-refractivity contribution in [2.24, 2.45) is 5.73 Å². The van der Waals surface area contributed by atoms with Crippen molar-refractivity contribution in [3.63, 3.8) is 0 Å². The number of benzene rings is 1. The minimum absolute atomic E-state index is 0.218. The zero-order valence-corrected chi connectivity index (χ0v) is 9.45. The van der Waals surface area contributed by atoms with Crippen LogP contribution in [0.25, 0.3) is 0 Å². The molecule has 82 valence electrons. The van der Waals surface area contributed by atoms with Crippen molar-refractivity contribution in [3.05, 3.63) is 35.9 Å². The molecule has 1 aliphatic rings. The molecule has 0 amide bonds. The summed E-state index contributed by atoms with van der Waals surface area (Å²) in [6, 6.07) is 10.6. The molecule has 0 aliphatic carbocycles. The van der Waals surface area contributed by atoms with E-state index in [2.05, 4.69) is 42.2 Å². The third-order valence-corrected chi connectivity index (χ3v) is 3.56. The zero-order chi connectivity index (χ0) is 10.7. The first kappa shape index (κ1) is 10.7. The van der Waals surface area contributed by atoms with E-state index in [1.165, 1.54) is 24.9 Å². The monoisotopic (exact) mass is 204 g/mol. The molecular weight excluding hydrogens is 184 g/mol. The van der Waals surface area contributed by atoms with Crippen molar-refractivity contribution in [1.82, 2.24) is 4.90 Å². The summed E-state index contributed by atoms with van der Waals surface area (Å²) < 4.78 is 0. The van der Waals surface area contributed by atoms with Crippen LogP contribution in [-0.4, -0.2) is 23.5 Å². The normalized spacial score (nSPS) is 27.1. The highest BCUT2D eigenvalue weighted by Gasteiger charge is 2.34. The van der Waals surface area contributed by atoms with Crippen molar-refractivity contribution < 1.29 is 0 Å². The van der Waals surface area contributed by atoms with Crippen LogP contribution < -0.4 is 5.73 Å². The Morgan fingerprint density at radius 2 is 2.07 bits per heavy atom. The first-order chi connectivity index (χ1) is 7.24. The third kappa shape index (κ3) is 2.21. The van der Waals surface area contributed by atoms with E-state index in [-0.39, 0.29) is 5.54 Å². The van der Waals surface area contributed by atoms with Crippen LogP contribution in [-0.2, 0) is 6.54 Å². The van der Waals surface area contributed by atoms with Crippen LogP contribution in [0.5, 0.6) is 0 Å². The van der Waals surface area contributed by atoms with Gasteiger partial charge in [0.25, 0.3) is 0 Å². The van der Waals surface area contributed by atoms with E-state index in [4.69, 9.17) is 5.73 Å². The molecule has 1 atom stereocenters. The van der Waals surface area contributed by atoms with Gasteiger partial charge in [0.1, 0.15) is 0 Å². The highest BCUT2D eigenvalue weighted by Crippen LogP contribution is 2.29. The summed E-state index contributed by atoms with van der Waals surface area (Å²) in [5.74, 6) is 0. The highest BCUT2D eigenvalue weighted by molar-refractivity contribution is 5.15. The Morgan fingerprint density at radius 1 is 1.33 bits per heavy atom. The fourth-order valence-electron chi connectivity index (χ4n) is 2.38. The Hall–Kier alpha value is -0.860. The number of rotatable bonds is 3. The van der Waals surface area contributed by atoms with Crippen molar-refractivity contribution in [3.8, 4) is 0 Å². The second-order valence-electron chi connectivity index (χ2n) is 4.71. The van der Waals surface area contributed by atoms with Gasteiger partial charge in [0.05, 0.1) is 0 Å². The van der Waals surface area contributed by atoms with Crippen LogP contribution in [0, 0.1) is 0 Å². The summed E-state index contributed by atoms with van der Waals surface area (Å²) in [5, 5.41) is 0. The number of nitrogens with zero attached hydrogens (tertiary/aromatic N) is 1. The van der Waals surface area contributed by atoms with E-state index < -0.39 is 0 Å². The summed E-state index contributed by atoms with van der Waals surface area (Å²) in [4.78, 5) is 2.52. The van der Waals surface area contributed by atoms with Gasteiger partial charge >= 0.3 is 0 Å². The standard InChI is InChI=1S/C13H20N2/c1-13(11-14)8-5-9-15(13)10-12-6-3-2-4-7-12/h2-4,6-7H,5,8-11,14H2,1H3. The summed E-state index contributed by atoms with van der Waals surface area (Å²) >= 11 is 0. The highest BCUT2D eigenvalue weighted by atomic mass is 15.2. The quantitative estimate of drug-likeness (QED) is 0.816. The average Bonchev–Trinajstić information content (AvgIpc) is 2.63. The molecule has 1 fully saturated rings. The largest absolute Gasteiger partial charge is 0.329 e. The minimum atomic E-state index is 0.218. The first-order valence-electron chi connectivity index (χ1n) is 5.74. The second kappa shape index (κ2) is 4.33. The van der Waals surface area contributed by atoms with E-state index in [1.807, 2.05) is 0 Å². The molecule has 1 saturated heterocycles. The molecule has 2 rings (SSSR count). The van der Waals surface area contributed by atoms with Crippen LogP contribution in [0.3, 0.4) is 0 Å². The number of likely N-dealkylation sites (tertiary alicyclic amines) is 1. The maximum absolute atomic E-state index is 5.87. The lowest BCUT2D eigenvalue weighted by molar-refractivity contribution is 0.155. The van der Waals surface area contributed by atoms with E-state index in [0.717, 1.165) is 13.1 Å². The summed E-state index contributed by atoms with van der Waals surface area (Å²) in [7, 11) is 0. The molecule has 2 heteroatoms. The Labute approximate surface area is 92.1 Å². The van der Waals surface area contributed by atoms with Gasteiger partial charge < -0.3 is 5.73 Å². The summed E-state index contributed by atoms with van der Waals surface area (Å²) in [6.07, 6.45) is 2.51. The Morgan fingerprint density at radius 3 is 2.73 bits per heavy atom. The van der Waals surface area contributed by atoms with Gasteiger partial charge in [0, 0.05) is 18.6 Å². The molecule has 15 heavy (non-hydrogen) atoms. The molecule has 1 aliphatic heterocycles. The Balaban J connectivity index is 2.06. The van der Waals surface area contributed by atoms with Gasteiger partial charge in [0.15, 0.2) is 0 Å². The number of hydrogen-bond donors (Lipinski definition) is 1. The Kier molecular flexibility index (Phi) is 3.08. The van der Waals surface area contributed by atoms with Crippen LogP contribution in [0.1, 0.15) is 25.3 Å². The predicted octanol–water partition coefficient (Wildman–Crippen LogP) is 2.00. The first-order valence-corrected chi connectivity index (χ1v) is 5.74. The summed E-state index contributed by atoms with van der Waals surface area (Å²) in [5.41, 5.74) is 7.48.